The second-order valence-electron chi connectivity index (χ2n) is 9.48. The molecule has 1 saturated heterocycles. The molecule has 4 aliphatic rings. The van der Waals surface area contributed by atoms with Gasteiger partial charge in [0.2, 0.25) is 5.95 Å². The monoisotopic (exact) mass is 483 g/mol. The Labute approximate surface area is 201 Å². The first kappa shape index (κ1) is 22.2. The van der Waals surface area contributed by atoms with Crippen LogP contribution >= 0.6 is 0 Å². The maximum Gasteiger partial charge on any atom is 0.270 e. The predicted molar refractivity (Wildman–Crippen MR) is 126 cm³/mol. The fourth-order valence-corrected chi connectivity index (χ4v) is 4.94. The fourth-order valence-electron chi connectivity index (χ4n) is 4.94. The molecule has 0 bridgehead atoms. The number of piperazine rings is 1. The number of aromatic nitrogens is 1. The molecule has 6 rings (SSSR count). The van der Waals surface area contributed by atoms with Crippen LogP contribution in [-0.2, 0) is 11.3 Å². The molecule has 1 atom stereocenters. The van der Waals surface area contributed by atoms with Gasteiger partial charge in [-0.1, -0.05) is 6.07 Å². The number of hydrogen-bond acceptors (Lipinski definition) is 7. The summed E-state index contributed by atoms with van der Waals surface area (Å²) in [6.45, 7) is 3.24. The second kappa shape index (κ2) is 8.76. The van der Waals surface area contributed by atoms with Crippen LogP contribution in [0.25, 0.3) is 5.76 Å². The Morgan fingerprint density at radius 1 is 1.17 bits per heavy atom. The zero-order valence-electron chi connectivity index (χ0n) is 19.2. The van der Waals surface area contributed by atoms with Crippen molar-refractivity contribution in [2.24, 2.45) is 0 Å². The molecule has 1 unspecified atom stereocenters. The third kappa shape index (κ3) is 4.21. The van der Waals surface area contributed by atoms with Crippen LogP contribution in [0.15, 0.2) is 29.8 Å². The molecular formula is C25H27F2N5O3. The molecule has 0 spiro atoms. The minimum Gasteiger partial charge on any atom is -0.492 e. The summed E-state index contributed by atoms with van der Waals surface area (Å²) >= 11 is 0. The summed E-state index contributed by atoms with van der Waals surface area (Å²) in [5.41, 5.74) is 2.66. The Balaban J connectivity index is 1.10. The number of fused-ring (bicyclic) bond motifs is 2. The molecule has 1 amide bonds. The summed E-state index contributed by atoms with van der Waals surface area (Å²) in [7, 11) is 0. The number of carbonyl (C=O) groups excluding carboxylic acids is 1. The third-order valence-corrected chi connectivity index (χ3v) is 7.07. The summed E-state index contributed by atoms with van der Waals surface area (Å²) in [6, 6.07) is 6.95. The van der Waals surface area contributed by atoms with Crippen molar-refractivity contribution in [2.75, 3.05) is 43.0 Å². The number of pyridine rings is 1. The first-order valence-corrected chi connectivity index (χ1v) is 12.0. The predicted octanol–water partition coefficient (Wildman–Crippen LogP) is 2.45. The molecular weight excluding hydrogens is 456 g/mol. The molecule has 2 aromatic rings. The number of nitrogens with zero attached hydrogens (tertiary/aromatic N) is 3. The van der Waals surface area contributed by atoms with Crippen LogP contribution < -0.4 is 15.5 Å². The Kier molecular flexibility index (Phi) is 5.57. The standard InChI is InChI=1S/C25H27F2N5O3/c26-20-14(1-4-16-21(20)30-24(33)17-7-12-35-22(16)17)13-31-8-10-32(11-9-31)19-6-5-18(29-23(19)27)25(34)28-15-2-3-15/h1,4-6,15,24,30,33H,2-3,7-13H2,(H,28,34). The average Bonchev–Trinajstić information content (AvgIpc) is 3.52. The van der Waals surface area contributed by atoms with E-state index >= 15 is 4.39 Å². The molecule has 3 N–H and O–H groups in total. The van der Waals surface area contributed by atoms with E-state index in [0.717, 1.165) is 18.4 Å². The van der Waals surface area contributed by atoms with Crippen LogP contribution in [0.4, 0.5) is 20.2 Å². The quantitative estimate of drug-likeness (QED) is 0.563. The van der Waals surface area contributed by atoms with E-state index in [9.17, 15) is 14.3 Å². The smallest absolute Gasteiger partial charge is 0.270 e. The van der Waals surface area contributed by atoms with Gasteiger partial charge in [-0.05, 0) is 31.0 Å². The van der Waals surface area contributed by atoms with Gasteiger partial charge in [0.1, 0.15) is 11.5 Å². The van der Waals surface area contributed by atoms with E-state index in [2.05, 4.69) is 20.5 Å². The zero-order valence-corrected chi connectivity index (χ0v) is 19.2. The van der Waals surface area contributed by atoms with Gasteiger partial charge >= 0.3 is 0 Å². The molecule has 184 valence electrons. The van der Waals surface area contributed by atoms with Gasteiger partial charge in [0.25, 0.3) is 5.91 Å². The molecule has 8 nitrogen and oxygen atoms in total. The minimum absolute atomic E-state index is 0.0873. The van der Waals surface area contributed by atoms with E-state index < -0.39 is 12.2 Å². The van der Waals surface area contributed by atoms with Crippen molar-refractivity contribution >= 4 is 23.0 Å². The molecule has 1 saturated carbocycles. The van der Waals surface area contributed by atoms with E-state index in [-0.39, 0.29) is 29.1 Å². The Bertz CT molecular complexity index is 1210. The number of rotatable bonds is 5. The summed E-state index contributed by atoms with van der Waals surface area (Å²) in [5.74, 6) is -0.808. The van der Waals surface area contributed by atoms with Crippen molar-refractivity contribution in [1.82, 2.24) is 15.2 Å². The number of aliphatic hydroxyl groups excluding tert-OH is 1. The van der Waals surface area contributed by atoms with E-state index in [1.54, 1.807) is 18.2 Å². The molecule has 2 fully saturated rings. The normalized spacial score (nSPS) is 21.8. The van der Waals surface area contributed by atoms with E-state index in [4.69, 9.17) is 4.74 Å². The Morgan fingerprint density at radius 3 is 2.71 bits per heavy atom. The SMILES string of the molecule is O=C(NC1CC1)c1ccc(N2CCN(Cc3ccc4c(c3F)NC(O)C3=C4OCC3)CC2)c(F)n1. The topological polar surface area (TPSA) is 90.0 Å². The first-order valence-electron chi connectivity index (χ1n) is 12.0. The Hall–Kier alpha value is -3.24. The van der Waals surface area contributed by atoms with Crippen molar-refractivity contribution in [3.63, 3.8) is 0 Å². The molecule has 0 radical (unpaired) electrons. The number of anilines is 2. The number of nitrogens with one attached hydrogen (secondary N) is 2. The zero-order chi connectivity index (χ0) is 24.1. The number of halogens is 2. The number of amides is 1. The fraction of sp³-hybridized carbons (Fsp3) is 0.440. The van der Waals surface area contributed by atoms with Gasteiger partial charge in [-0.25, -0.2) is 9.37 Å². The molecule has 1 aliphatic carbocycles. The van der Waals surface area contributed by atoms with Crippen LogP contribution in [0.2, 0.25) is 0 Å². The lowest BCUT2D eigenvalue weighted by atomic mass is 9.98. The van der Waals surface area contributed by atoms with Crippen LogP contribution in [0, 0.1) is 11.8 Å². The molecule has 4 heterocycles. The lowest BCUT2D eigenvalue weighted by molar-refractivity contribution is 0.0945. The number of aliphatic hydroxyl groups is 1. The van der Waals surface area contributed by atoms with Crippen molar-refractivity contribution in [1.29, 1.82) is 0 Å². The van der Waals surface area contributed by atoms with Crippen LogP contribution in [0.1, 0.15) is 40.9 Å². The van der Waals surface area contributed by atoms with Crippen molar-refractivity contribution in [3.8, 4) is 0 Å². The lowest BCUT2D eigenvalue weighted by Gasteiger charge is -2.36. The van der Waals surface area contributed by atoms with Gasteiger partial charge in [-0.3, -0.25) is 9.69 Å². The minimum atomic E-state index is -0.942. The summed E-state index contributed by atoms with van der Waals surface area (Å²) < 4.78 is 35.7. The van der Waals surface area contributed by atoms with Gasteiger partial charge in [0.15, 0.2) is 12.0 Å². The summed E-state index contributed by atoms with van der Waals surface area (Å²) in [6.07, 6.45) is 1.60. The van der Waals surface area contributed by atoms with E-state index in [1.165, 1.54) is 0 Å². The maximum atomic E-state index is 15.3. The van der Waals surface area contributed by atoms with E-state index in [1.807, 2.05) is 11.0 Å². The number of benzene rings is 1. The molecule has 1 aromatic heterocycles. The third-order valence-electron chi connectivity index (χ3n) is 7.07. The van der Waals surface area contributed by atoms with Crippen molar-refractivity contribution < 1.29 is 23.4 Å². The number of carbonyl (C=O) groups is 1. The average molecular weight is 484 g/mol. The lowest BCUT2D eigenvalue weighted by Crippen LogP contribution is -2.46. The van der Waals surface area contributed by atoms with Gasteiger partial charge in [-0.2, -0.15) is 4.39 Å². The van der Waals surface area contributed by atoms with Gasteiger partial charge in [-0.15, -0.1) is 0 Å². The van der Waals surface area contributed by atoms with Gasteiger partial charge < -0.3 is 25.4 Å². The van der Waals surface area contributed by atoms with Gasteiger partial charge in [0.05, 0.1) is 18.0 Å². The van der Waals surface area contributed by atoms with Crippen LogP contribution in [0.3, 0.4) is 0 Å². The van der Waals surface area contributed by atoms with Crippen molar-refractivity contribution in [2.45, 2.75) is 38.1 Å². The molecule has 1 aromatic carbocycles. The maximum absolute atomic E-state index is 15.3. The summed E-state index contributed by atoms with van der Waals surface area (Å²) in [4.78, 5) is 20.0. The first-order chi connectivity index (χ1) is 17.0. The number of ether oxygens (including phenoxy) is 1. The molecule has 10 heteroatoms. The Morgan fingerprint density at radius 2 is 1.97 bits per heavy atom. The number of hydrogen-bond donors (Lipinski definition) is 3. The van der Waals surface area contributed by atoms with Crippen LogP contribution in [0.5, 0.6) is 0 Å². The highest BCUT2D eigenvalue weighted by molar-refractivity contribution is 5.92. The second-order valence-corrected chi connectivity index (χ2v) is 9.48. The molecule has 35 heavy (non-hydrogen) atoms. The highest BCUT2D eigenvalue weighted by Gasteiger charge is 2.33. The molecule has 3 aliphatic heterocycles. The highest BCUT2D eigenvalue weighted by Crippen LogP contribution is 2.41. The van der Waals surface area contributed by atoms with Crippen LogP contribution in [-0.4, -0.2) is 66.0 Å². The van der Waals surface area contributed by atoms with Crippen molar-refractivity contribution in [3.05, 3.63) is 58.4 Å². The highest BCUT2D eigenvalue weighted by atomic mass is 19.1. The largest absolute Gasteiger partial charge is 0.492 e. The van der Waals surface area contributed by atoms with Gasteiger partial charge in [0, 0.05) is 61.9 Å². The summed E-state index contributed by atoms with van der Waals surface area (Å²) in [5, 5.41) is 16.0. The van der Waals surface area contributed by atoms with E-state index in [0.29, 0.717) is 68.3 Å².